The predicted octanol–water partition coefficient (Wildman–Crippen LogP) is 2.98. The molecule has 0 radical (unpaired) electrons. The van der Waals surface area contributed by atoms with Gasteiger partial charge in [0, 0.05) is 0 Å². The number of hydrogen-bond acceptors (Lipinski definition) is 3. The molecule has 94 valence electrons. The zero-order chi connectivity index (χ0) is 13.9. The van der Waals surface area contributed by atoms with Crippen LogP contribution in [0.25, 0.3) is 0 Å². The lowest BCUT2D eigenvalue weighted by Gasteiger charge is -2.13. The van der Waals surface area contributed by atoms with Crippen molar-refractivity contribution in [1.29, 1.82) is 10.5 Å². The Morgan fingerprint density at radius 1 is 1.28 bits per heavy atom. The van der Waals surface area contributed by atoms with Gasteiger partial charge in [-0.25, -0.2) is 13.8 Å². The van der Waals surface area contributed by atoms with Crippen molar-refractivity contribution in [3.8, 4) is 12.1 Å². The summed E-state index contributed by atoms with van der Waals surface area (Å²) in [7, 11) is 0. The van der Waals surface area contributed by atoms with Crippen molar-refractivity contribution in [3.63, 3.8) is 0 Å². The van der Waals surface area contributed by atoms with Gasteiger partial charge in [-0.15, -0.1) is 0 Å². The maximum absolute atomic E-state index is 12.5. The van der Waals surface area contributed by atoms with Crippen LogP contribution in [0.1, 0.15) is 28.9 Å². The molecule has 0 amide bonds. The minimum Gasteiger partial charge on any atom is -0.249 e. The van der Waals surface area contributed by atoms with Gasteiger partial charge in [0.05, 0.1) is 29.3 Å². The highest BCUT2D eigenvalue weighted by Gasteiger charge is 2.37. The summed E-state index contributed by atoms with van der Waals surface area (Å²) < 4.78 is 62.5. The standard InChI is InChI=1S/C10H4F5N3/c11-9(12)8-6(10(13,14)15)3-5(4-17)7(18-8)1-2-16/h3,9H,1H2. The van der Waals surface area contributed by atoms with Gasteiger partial charge in [-0.1, -0.05) is 0 Å². The second-order valence-electron chi connectivity index (χ2n) is 3.16. The fourth-order valence-electron chi connectivity index (χ4n) is 1.27. The molecule has 8 heteroatoms. The second kappa shape index (κ2) is 4.96. The first kappa shape index (κ1) is 13.8. The molecule has 1 rings (SSSR count). The van der Waals surface area contributed by atoms with E-state index in [9.17, 15) is 22.0 Å². The number of aromatic nitrogens is 1. The molecule has 0 saturated carbocycles. The molecule has 18 heavy (non-hydrogen) atoms. The van der Waals surface area contributed by atoms with Crippen LogP contribution in [0.4, 0.5) is 22.0 Å². The highest BCUT2D eigenvalue weighted by molar-refractivity contribution is 5.41. The lowest BCUT2D eigenvalue weighted by molar-refractivity contribution is -0.140. The molecule has 0 N–H and O–H groups in total. The van der Waals surface area contributed by atoms with Gasteiger partial charge in [-0.3, -0.25) is 0 Å². The van der Waals surface area contributed by atoms with Crippen molar-refractivity contribution in [2.75, 3.05) is 0 Å². The first-order valence-corrected chi connectivity index (χ1v) is 4.47. The van der Waals surface area contributed by atoms with E-state index in [4.69, 9.17) is 10.5 Å². The second-order valence-corrected chi connectivity index (χ2v) is 3.16. The fourth-order valence-corrected chi connectivity index (χ4v) is 1.27. The van der Waals surface area contributed by atoms with Crippen LogP contribution in [0.2, 0.25) is 0 Å². The number of rotatable bonds is 2. The van der Waals surface area contributed by atoms with Gasteiger partial charge in [0.2, 0.25) is 0 Å². The van der Waals surface area contributed by atoms with Crippen LogP contribution in [0.15, 0.2) is 6.07 Å². The summed E-state index contributed by atoms with van der Waals surface area (Å²) >= 11 is 0. The fraction of sp³-hybridized carbons (Fsp3) is 0.300. The molecular formula is C10H4F5N3. The normalized spacial score (nSPS) is 11.1. The van der Waals surface area contributed by atoms with Gasteiger partial charge >= 0.3 is 6.18 Å². The van der Waals surface area contributed by atoms with Crippen LogP contribution in [0.3, 0.4) is 0 Å². The summed E-state index contributed by atoms with van der Waals surface area (Å²) in [5.41, 5.74) is -4.04. The smallest absolute Gasteiger partial charge is 0.249 e. The van der Waals surface area contributed by atoms with Crippen LogP contribution in [-0.2, 0) is 12.6 Å². The molecule has 0 aromatic carbocycles. The van der Waals surface area contributed by atoms with Gasteiger partial charge in [0.1, 0.15) is 11.8 Å². The largest absolute Gasteiger partial charge is 0.418 e. The Balaban J connectivity index is 3.55. The van der Waals surface area contributed by atoms with Crippen LogP contribution < -0.4 is 0 Å². The minimum atomic E-state index is -5.03. The highest BCUT2D eigenvalue weighted by Crippen LogP contribution is 2.36. The Morgan fingerprint density at radius 2 is 1.89 bits per heavy atom. The zero-order valence-electron chi connectivity index (χ0n) is 8.59. The Labute approximate surface area is 98.1 Å². The minimum absolute atomic E-state index is 0.293. The van der Waals surface area contributed by atoms with Gasteiger partial charge < -0.3 is 0 Å². The Hall–Kier alpha value is -2.22. The third-order valence-corrected chi connectivity index (χ3v) is 2.01. The Kier molecular flexibility index (Phi) is 3.82. The summed E-state index contributed by atoms with van der Waals surface area (Å²) in [5, 5.41) is 17.0. The van der Waals surface area contributed by atoms with E-state index in [1.165, 1.54) is 6.07 Å². The number of pyridine rings is 1. The summed E-state index contributed by atoms with van der Waals surface area (Å²) in [5.74, 6) is 0. The van der Waals surface area contributed by atoms with E-state index in [-0.39, 0.29) is 5.69 Å². The molecule has 0 aliphatic heterocycles. The average Bonchev–Trinajstić information content (AvgIpc) is 2.27. The van der Waals surface area contributed by atoms with Gasteiger partial charge in [0.25, 0.3) is 6.43 Å². The van der Waals surface area contributed by atoms with E-state index in [2.05, 4.69) is 4.98 Å². The van der Waals surface area contributed by atoms with Crippen LogP contribution in [0.5, 0.6) is 0 Å². The molecule has 0 aliphatic rings. The molecule has 0 fully saturated rings. The van der Waals surface area contributed by atoms with Gasteiger partial charge in [-0.05, 0) is 6.07 Å². The number of nitriles is 2. The molecule has 0 unspecified atom stereocenters. The molecular weight excluding hydrogens is 257 g/mol. The molecule has 1 heterocycles. The number of nitrogens with zero attached hydrogens (tertiary/aromatic N) is 3. The van der Waals surface area contributed by atoms with Crippen LogP contribution in [0, 0.1) is 22.7 Å². The van der Waals surface area contributed by atoms with E-state index in [1.54, 1.807) is 6.07 Å². The van der Waals surface area contributed by atoms with Crippen molar-refractivity contribution in [2.24, 2.45) is 0 Å². The molecule has 3 nitrogen and oxygen atoms in total. The van der Waals surface area contributed by atoms with Crippen molar-refractivity contribution >= 4 is 0 Å². The molecule has 0 saturated heterocycles. The van der Waals surface area contributed by atoms with E-state index in [0.717, 1.165) is 0 Å². The topological polar surface area (TPSA) is 60.5 Å². The third kappa shape index (κ3) is 2.72. The first-order chi connectivity index (χ1) is 8.31. The number of hydrogen-bond donors (Lipinski definition) is 0. The lowest BCUT2D eigenvalue weighted by atomic mass is 10.1. The van der Waals surface area contributed by atoms with Crippen molar-refractivity contribution in [3.05, 3.63) is 28.6 Å². The van der Waals surface area contributed by atoms with Crippen molar-refractivity contribution < 1.29 is 22.0 Å². The molecule has 0 bridgehead atoms. The van der Waals surface area contributed by atoms with Crippen LogP contribution in [-0.4, -0.2) is 4.98 Å². The van der Waals surface area contributed by atoms with Crippen molar-refractivity contribution in [1.82, 2.24) is 4.98 Å². The molecule has 0 spiro atoms. The van der Waals surface area contributed by atoms with Crippen molar-refractivity contribution in [2.45, 2.75) is 19.0 Å². The van der Waals surface area contributed by atoms with Crippen LogP contribution >= 0.6 is 0 Å². The number of halogens is 5. The average molecular weight is 261 g/mol. The zero-order valence-corrected chi connectivity index (χ0v) is 8.59. The highest BCUT2D eigenvalue weighted by atomic mass is 19.4. The summed E-state index contributed by atoms with van der Waals surface area (Å²) in [4.78, 5) is 3.08. The monoisotopic (exact) mass is 261 g/mol. The molecule has 0 atom stereocenters. The lowest BCUT2D eigenvalue weighted by Crippen LogP contribution is -2.14. The molecule has 1 aromatic rings. The quantitative estimate of drug-likeness (QED) is 0.769. The Morgan fingerprint density at radius 3 is 2.28 bits per heavy atom. The maximum Gasteiger partial charge on any atom is 0.418 e. The van der Waals surface area contributed by atoms with E-state index >= 15 is 0 Å². The maximum atomic E-state index is 12.5. The molecule has 0 aliphatic carbocycles. The summed E-state index contributed by atoms with van der Waals surface area (Å²) in [6.45, 7) is 0. The number of alkyl halides is 5. The first-order valence-electron chi connectivity index (χ1n) is 4.47. The SMILES string of the molecule is N#CCc1nc(C(F)F)c(C(F)(F)F)cc1C#N. The van der Waals surface area contributed by atoms with Gasteiger partial charge in [0.15, 0.2) is 0 Å². The van der Waals surface area contributed by atoms with Gasteiger partial charge in [-0.2, -0.15) is 23.7 Å². The summed E-state index contributed by atoms with van der Waals surface area (Å²) in [6.07, 6.45) is -8.98. The van der Waals surface area contributed by atoms with E-state index < -0.39 is 35.8 Å². The van der Waals surface area contributed by atoms with E-state index in [0.29, 0.717) is 6.07 Å². The Bertz CT molecular complexity index is 536. The third-order valence-electron chi connectivity index (χ3n) is 2.01. The summed E-state index contributed by atoms with van der Waals surface area (Å²) in [6, 6.07) is 3.24. The molecule has 1 aromatic heterocycles. The predicted molar refractivity (Wildman–Crippen MR) is 48.2 cm³/mol. The van der Waals surface area contributed by atoms with E-state index in [1.807, 2.05) is 0 Å².